The Balaban J connectivity index is 1.49. The molecule has 32 heavy (non-hydrogen) atoms. The number of halogens is 1. The highest BCUT2D eigenvalue weighted by Crippen LogP contribution is 2.19. The number of rotatable bonds is 6. The zero-order valence-corrected chi connectivity index (χ0v) is 18.1. The summed E-state index contributed by atoms with van der Waals surface area (Å²) >= 11 is 1.10. The molecular formula is C20H15FN4O5S2. The molecule has 2 heterocycles. The molecule has 0 aliphatic carbocycles. The van der Waals surface area contributed by atoms with Gasteiger partial charge in [0, 0.05) is 17.4 Å². The van der Waals surface area contributed by atoms with Gasteiger partial charge in [-0.05, 0) is 49.4 Å². The highest BCUT2D eigenvalue weighted by molar-refractivity contribution is 7.92. The predicted octanol–water partition coefficient (Wildman–Crippen LogP) is 2.76. The van der Waals surface area contributed by atoms with Crippen LogP contribution < -0.4 is 10.3 Å². The normalized spacial score (nSPS) is 11.4. The number of aromatic nitrogens is 3. The Hall–Kier alpha value is -3.64. The molecule has 0 saturated carbocycles. The molecule has 0 saturated heterocycles. The van der Waals surface area contributed by atoms with Crippen molar-refractivity contribution in [2.45, 2.75) is 18.4 Å². The molecule has 0 radical (unpaired) electrons. The molecule has 12 heteroatoms. The van der Waals surface area contributed by atoms with Gasteiger partial charge in [-0.15, -0.1) is 0 Å². The van der Waals surface area contributed by atoms with Crippen LogP contribution in [0.25, 0.3) is 4.96 Å². The molecule has 164 valence electrons. The van der Waals surface area contributed by atoms with Gasteiger partial charge in [-0.1, -0.05) is 17.4 Å². The second-order valence-electron chi connectivity index (χ2n) is 6.64. The number of sulfonamides is 1. The van der Waals surface area contributed by atoms with E-state index in [2.05, 4.69) is 14.8 Å². The number of aryl methyl sites for hydroxylation is 1. The third kappa shape index (κ3) is 4.65. The maximum Gasteiger partial charge on any atom is 0.338 e. The lowest BCUT2D eigenvalue weighted by atomic mass is 10.2. The molecule has 0 aliphatic rings. The van der Waals surface area contributed by atoms with E-state index in [0.29, 0.717) is 15.7 Å². The van der Waals surface area contributed by atoms with E-state index >= 15 is 0 Å². The fourth-order valence-electron chi connectivity index (χ4n) is 2.75. The molecule has 4 rings (SSSR count). The van der Waals surface area contributed by atoms with E-state index < -0.39 is 21.8 Å². The van der Waals surface area contributed by atoms with Crippen molar-refractivity contribution in [1.82, 2.24) is 14.6 Å². The highest BCUT2D eigenvalue weighted by Gasteiger charge is 2.18. The number of benzene rings is 2. The van der Waals surface area contributed by atoms with Crippen molar-refractivity contribution in [2.75, 3.05) is 4.72 Å². The number of hydrogen-bond acceptors (Lipinski definition) is 8. The van der Waals surface area contributed by atoms with Crippen LogP contribution in [0.3, 0.4) is 0 Å². The predicted molar refractivity (Wildman–Crippen MR) is 115 cm³/mol. The molecule has 0 bridgehead atoms. The quantitative estimate of drug-likeness (QED) is 0.427. The number of nitrogens with one attached hydrogen (secondary N) is 1. The maximum atomic E-state index is 13.0. The third-order valence-corrected chi connectivity index (χ3v) is 6.48. The largest absolute Gasteiger partial charge is 0.455 e. The standard InChI is InChI=1S/C20H15FN4O5S2/c1-12-9-18(26)25-20(22-12)31-17(23-25)11-30-19(27)13-3-2-4-16(10-13)32(28,29)24-15-7-5-14(21)6-8-15/h2-10,24H,11H2,1H3. The molecule has 0 fully saturated rings. The Labute approximate surface area is 185 Å². The van der Waals surface area contributed by atoms with Crippen molar-refractivity contribution in [1.29, 1.82) is 0 Å². The second-order valence-corrected chi connectivity index (χ2v) is 9.37. The molecule has 1 N–H and O–H groups in total. The monoisotopic (exact) mass is 474 g/mol. The third-order valence-electron chi connectivity index (χ3n) is 4.22. The Morgan fingerprint density at radius 3 is 2.69 bits per heavy atom. The molecule has 0 unspecified atom stereocenters. The van der Waals surface area contributed by atoms with E-state index in [0.717, 1.165) is 28.0 Å². The number of fused-ring (bicyclic) bond motifs is 1. The lowest BCUT2D eigenvalue weighted by Crippen LogP contribution is -2.15. The Morgan fingerprint density at radius 2 is 1.94 bits per heavy atom. The number of ether oxygens (including phenoxy) is 1. The summed E-state index contributed by atoms with van der Waals surface area (Å²) in [7, 11) is -4.01. The van der Waals surface area contributed by atoms with Gasteiger partial charge >= 0.3 is 5.97 Å². The number of carbonyl (C=O) groups is 1. The van der Waals surface area contributed by atoms with Gasteiger partial charge in [0.05, 0.1) is 10.5 Å². The first-order valence-corrected chi connectivity index (χ1v) is 11.4. The van der Waals surface area contributed by atoms with Crippen molar-refractivity contribution in [3.05, 3.63) is 87.0 Å². The van der Waals surface area contributed by atoms with Crippen molar-refractivity contribution in [2.24, 2.45) is 0 Å². The highest BCUT2D eigenvalue weighted by atomic mass is 32.2. The van der Waals surface area contributed by atoms with Gasteiger partial charge in [-0.2, -0.15) is 9.61 Å². The topological polar surface area (TPSA) is 120 Å². The molecule has 0 atom stereocenters. The summed E-state index contributed by atoms with van der Waals surface area (Å²) in [6.07, 6.45) is 0. The van der Waals surface area contributed by atoms with E-state index in [-0.39, 0.29) is 28.3 Å². The maximum absolute atomic E-state index is 13.0. The van der Waals surface area contributed by atoms with E-state index in [1.807, 2.05) is 0 Å². The van der Waals surface area contributed by atoms with Gasteiger partial charge in [0.15, 0.2) is 5.01 Å². The van der Waals surface area contributed by atoms with Gasteiger partial charge in [-0.3, -0.25) is 9.52 Å². The minimum absolute atomic E-state index is 0.0132. The van der Waals surface area contributed by atoms with Crippen molar-refractivity contribution in [3.8, 4) is 0 Å². The minimum Gasteiger partial charge on any atom is -0.455 e. The van der Waals surface area contributed by atoms with Gasteiger partial charge in [0.25, 0.3) is 15.6 Å². The molecule has 0 amide bonds. The summed E-state index contributed by atoms with van der Waals surface area (Å²) in [6.45, 7) is 1.48. The summed E-state index contributed by atoms with van der Waals surface area (Å²) in [4.78, 5) is 28.8. The van der Waals surface area contributed by atoms with E-state index in [9.17, 15) is 22.4 Å². The minimum atomic E-state index is -4.01. The molecule has 2 aromatic heterocycles. The molecule has 4 aromatic rings. The summed E-state index contributed by atoms with van der Waals surface area (Å²) in [5.41, 5.74) is 0.399. The summed E-state index contributed by atoms with van der Waals surface area (Å²) < 4.78 is 46.9. The zero-order chi connectivity index (χ0) is 22.9. The number of esters is 1. The molecule has 9 nitrogen and oxygen atoms in total. The first kappa shape index (κ1) is 21.6. The van der Waals surface area contributed by atoms with E-state index in [4.69, 9.17) is 4.74 Å². The van der Waals surface area contributed by atoms with Gasteiger partial charge < -0.3 is 4.74 Å². The van der Waals surface area contributed by atoms with Crippen LogP contribution in [0.2, 0.25) is 0 Å². The average molecular weight is 474 g/mol. The number of nitrogens with zero attached hydrogens (tertiary/aromatic N) is 3. The number of hydrogen-bond donors (Lipinski definition) is 1. The van der Waals surface area contributed by atoms with Gasteiger partial charge in [0.2, 0.25) is 4.96 Å². The van der Waals surface area contributed by atoms with Crippen molar-refractivity contribution >= 4 is 38.0 Å². The lowest BCUT2D eigenvalue weighted by Gasteiger charge is -2.09. The van der Waals surface area contributed by atoms with Crippen LogP contribution in [0.15, 0.2) is 64.3 Å². The zero-order valence-electron chi connectivity index (χ0n) is 16.5. The van der Waals surface area contributed by atoms with Gasteiger partial charge in [0.1, 0.15) is 12.4 Å². The second kappa shape index (κ2) is 8.48. The Bertz CT molecular complexity index is 1480. The lowest BCUT2D eigenvalue weighted by molar-refractivity contribution is 0.0471. The Kier molecular flexibility index (Phi) is 5.72. The first-order chi connectivity index (χ1) is 15.2. The van der Waals surface area contributed by atoms with Crippen LogP contribution in [0, 0.1) is 12.7 Å². The van der Waals surface area contributed by atoms with Crippen LogP contribution in [-0.4, -0.2) is 29.0 Å². The summed E-state index contributed by atoms with van der Waals surface area (Å²) in [6, 6.07) is 11.5. The molecular weight excluding hydrogens is 459 g/mol. The van der Waals surface area contributed by atoms with Crippen LogP contribution >= 0.6 is 11.3 Å². The number of anilines is 1. The van der Waals surface area contributed by atoms with E-state index in [1.165, 1.54) is 42.5 Å². The molecule has 0 spiro atoms. The van der Waals surface area contributed by atoms with Crippen LogP contribution in [0.5, 0.6) is 0 Å². The fourth-order valence-corrected chi connectivity index (χ4v) is 4.71. The van der Waals surface area contributed by atoms with E-state index in [1.54, 1.807) is 6.92 Å². The number of carbonyl (C=O) groups excluding carboxylic acids is 1. The van der Waals surface area contributed by atoms with Crippen molar-refractivity contribution in [3.63, 3.8) is 0 Å². The first-order valence-electron chi connectivity index (χ1n) is 9.13. The summed E-state index contributed by atoms with van der Waals surface area (Å²) in [5, 5.41) is 4.44. The molecule has 0 aliphatic heterocycles. The van der Waals surface area contributed by atoms with Gasteiger partial charge in [-0.25, -0.2) is 22.6 Å². The summed E-state index contributed by atoms with van der Waals surface area (Å²) in [5.74, 6) is -1.26. The smallest absolute Gasteiger partial charge is 0.338 e. The Morgan fingerprint density at radius 1 is 1.19 bits per heavy atom. The van der Waals surface area contributed by atoms with Crippen LogP contribution in [-0.2, 0) is 21.4 Å². The fraction of sp³-hybridized carbons (Fsp3) is 0.100. The molecule has 2 aromatic carbocycles. The van der Waals surface area contributed by atoms with Crippen molar-refractivity contribution < 1.29 is 22.3 Å². The van der Waals surface area contributed by atoms with Crippen LogP contribution in [0.1, 0.15) is 21.1 Å². The SMILES string of the molecule is Cc1cc(=O)n2nc(COC(=O)c3cccc(S(=O)(=O)Nc4ccc(F)cc4)c3)sc2n1. The average Bonchev–Trinajstić information content (AvgIpc) is 3.17. The van der Waals surface area contributed by atoms with Crippen LogP contribution in [0.4, 0.5) is 10.1 Å².